The van der Waals surface area contributed by atoms with Crippen molar-refractivity contribution in [3.8, 4) is 0 Å². The topological polar surface area (TPSA) is 111 Å². The molecule has 2 aliphatic heterocycles. The Morgan fingerprint density at radius 2 is 1.86 bits per heavy atom. The van der Waals surface area contributed by atoms with Crippen molar-refractivity contribution in [3.05, 3.63) is 34.3 Å². The van der Waals surface area contributed by atoms with Crippen LogP contribution in [0.2, 0.25) is 5.02 Å². The number of amides is 4. The Hall–Kier alpha value is -2.49. The Kier molecular flexibility index (Phi) is 8.80. The van der Waals surface area contributed by atoms with Crippen molar-refractivity contribution >= 4 is 35.4 Å². The lowest BCUT2D eigenvalue weighted by atomic mass is 9.85. The number of carbonyl (C=O) groups excluding carboxylic acids is 4. The molecule has 4 amide bonds. The quantitative estimate of drug-likeness (QED) is 0.418. The Morgan fingerprint density at radius 1 is 1.19 bits per heavy atom. The van der Waals surface area contributed by atoms with Crippen LogP contribution in [0.3, 0.4) is 0 Å². The summed E-state index contributed by atoms with van der Waals surface area (Å²) in [6.45, 7) is 10.2. The molecule has 0 radical (unpaired) electrons. The summed E-state index contributed by atoms with van der Waals surface area (Å²) in [5, 5.41) is 5.96. The molecule has 1 aromatic carbocycles. The lowest BCUT2D eigenvalue weighted by Gasteiger charge is -2.37. The van der Waals surface area contributed by atoms with E-state index in [4.69, 9.17) is 21.1 Å². The van der Waals surface area contributed by atoms with Gasteiger partial charge in [0.05, 0.1) is 30.1 Å². The molecule has 3 atom stereocenters. The number of likely N-dealkylation sites (tertiary alicyclic amines) is 1. The van der Waals surface area contributed by atoms with E-state index in [0.29, 0.717) is 44.0 Å². The molecule has 2 N–H and O–H groups in total. The van der Waals surface area contributed by atoms with E-state index < -0.39 is 52.1 Å². The van der Waals surface area contributed by atoms with Gasteiger partial charge in [-0.25, -0.2) is 9.59 Å². The summed E-state index contributed by atoms with van der Waals surface area (Å²) in [6, 6.07) is 3.70. The van der Waals surface area contributed by atoms with Gasteiger partial charge in [0.25, 0.3) is 5.91 Å². The molecule has 1 aromatic rings. The second-order valence-electron chi connectivity index (χ2n) is 10.4. The smallest absolute Gasteiger partial charge is 0.427 e. The number of benzene rings is 1. The van der Waals surface area contributed by atoms with Gasteiger partial charge < -0.3 is 14.8 Å². The first-order valence-electron chi connectivity index (χ1n) is 12.6. The molecule has 0 spiro atoms. The summed E-state index contributed by atoms with van der Waals surface area (Å²) in [5.41, 5.74) is 0.428. The zero-order chi connectivity index (χ0) is 26.7. The summed E-state index contributed by atoms with van der Waals surface area (Å²) < 4.78 is 10.3. The lowest BCUT2D eigenvalue weighted by molar-refractivity contribution is -0.761. The van der Waals surface area contributed by atoms with Crippen LogP contribution in [0.25, 0.3) is 0 Å². The number of nitrogens with zero attached hydrogens (tertiary/aromatic N) is 1. The molecular formula is C26H37ClN3O6+. The third-order valence-electron chi connectivity index (χ3n) is 6.84. The molecule has 2 aliphatic rings. The molecule has 0 aliphatic carbocycles. The maximum absolute atomic E-state index is 14.1. The zero-order valence-corrected chi connectivity index (χ0v) is 22.4. The fourth-order valence-corrected chi connectivity index (χ4v) is 5.14. The van der Waals surface area contributed by atoms with Crippen molar-refractivity contribution in [1.29, 1.82) is 0 Å². The predicted octanol–water partition coefficient (Wildman–Crippen LogP) is 3.57. The Labute approximate surface area is 217 Å². The largest absolute Gasteiger partial charge is 0.439 e. The SMILES string of the molecule is CCO[C@H]1CC(=O)O[C@H]1NC(=O)[N+]1(C(=O)[C@@H](NC(=O)c2cccc(CC)c2Cl)C(C)(C)C)CCCC1. The van der Waals surface area contributed by atoms with Crippen LogP contribution in [0.4, 0.5) is 4.79 Å². The van der Waals surface area contributed by atoms with Gasteiger partial charge in [-0.3, -0.25) is 14.9 Å². The van der Waals surface area contributed by atoms with Crippen molar-refractivity contribution in [3.63, 3.8) is 0 Å². The number of quaternary nitrogens is 1. The lowest BCUT2D eigenvalue weighted by Crippen LogP contribution is -2.68. The number of hydrogen-bond acceptors (Lipinski definition) is 6. The van der Waals surface area contributed by atoms with Crippen LogP contribution in [0.15, 0.2) is 18.2 Å². The summed E-state index contributed by atoms with van der Waals surface area (Å²) in [6.07, 6.45) is 0.463. The third kappa shape index (κ3) is 5.74. The summed E-state index contributed by atoms with van der Waals surface area (Å²) in [7, 11) is 0. The van der Waals surface area contributed by atoms with E-state index in [9.17, 15) is 19.2 Å². The third-order valence-corrected chi connectivity index (χ3v) is 7.29. The number of rotatable bonds is 7. The van der Waals surface area contributed by atoms with Crippen LogP contribution >= 0.6 is 11.6 Å². The van der Waals surface area contributed by atoms with E-state index in [1.54, 1.807) is 19.1 Å². The summed E-state index contributed by atoms with van der Waals surface area (Å²) in [4.78, 5) is 52.8. The van der Waals surface area contributed by atoms with Crippen LogP contribution in [-0.4, -0.2) is 66.4 Å². The first kappa shape index (κ1) is 28.1. The molecule has 0 aromatic heterocycles. The Balaban J connectivity index is 1.88. The van der Waals surface area contributed by atoms with Crippen molar-refractivity contribution in [2.75, 3.05) is 19.7 Å². The highest BCUT2D eigenvalue weighted by molar-refractivity contribution is 6.34. The van der Waals surface area contributed by atoms with Crippen LogP contribution in [0.5, 0.6) is 0 Å². The number of cyclic esters (lactones) is 1. The number of esters is 1. The highest BCUT2D eigenvalue weighted by Crippen LogP contribution is 2.30. The average Bonchev–Trinajstić information content (AvgIpc) is 3.44. The van der Waals surface area contributed by atoms with E-state index >= 15 is 0 Å². The van der Waals surface area contributed by atoms with Gasteiger partial charge >= 0.3 is 17.9 Å². The monoisotopic (exact) mass is 522 g/mol. The van der Waals surface area contributed by atoms with Gasteiger partial charge in [0.15, 0.2) is 6.04 Å². The fraction of sp³-hybridized carbons (Fsp3) is 0.615. The maximum atomic E-state index is 14.1. The minimum absolute atomic E-state index is 0.0327. The molecule has 36 heavy (non-hydrogen) atoms. The second-order valence-corrected chi connectivity index (χ2v) is 10.8. The standard InChI is InChI=1S/C26H36ClN3O6/c1-6-16-11-10-12-17(20(16)27)22(32)28-21(26(3,4)5)24(33)30(13-8-9-14-30)25(34)29-23-18(35-7-2)15-19(31)36-23/h10-12,18,21,23H,6-9,13-15H2,1-5H3,(H-,28,29,32,34)/p+1/t18-,21+,23+/m0/s1. The molecule has 0 saturated carbocycles. The summed E-state index contributed by atoms with van der Waals surface area (Å²) in [5.74, 6) is -1.35. The van der Waals surface area contributed by atoms with Crippen molar-refractivity contribution in [2.45, 2.75) is 78.7 Å². The number of urea groups is 1. The first-order valence-corrected chi connectivity index (χ1v) is 12.9. The zero-order valence-electron chi connectivity index (χ0n) is 21.7. The van der Waals surface area contributed by atoms with Crippen LogP contribution in [-0.2, 0) is 25.5 Å². The number of hydrogen-bond donors (Lipinski definition) is 2. The fourth-order valence-electron chi connectivity index (χ4n) is 4.80. The number of aryl methyl sites for hydroxylation is 1. The number of halogens is 1. The Bertz CT molecular complexity index is 1020. The van der Waals surface area contributed by atoms with Gasteiger partial charge in [-0.2, -0.15) is 4.48 Å². The molecular weight excluding hydrogens is 486 g/mol. The van der Waals surface area contributed by atoms with E-state index in [1.807, 2.05) is 33.8 Å². The molecule has 10 heteroatoms. The normalized spacial score (nSPS) is 22.1. The van der Waals surface area contributed by atoms with E-state index in [0.717, 1.165) is 5.56 Å². The molecule has 3 rings (SSSR count). The van der Waals surface area contributed by atoms with Gasteiger partial charge in [0.2, 0.25) is 6.23 Å². The van der Waals surface area contributed by atoms with Gasteiger partial charge in [0, 0.05) is 19.4 Å². The van der Waals surface area contributed by atoms with Crippen LogP contribution in [0, 0.1) is 5.41 Å². The molecule has 9 nitrogen and oxygen atoms in total. The van der Waals surface area contributed by atoms with E-state index in [-0.39, 0.29) is 12.0 Å². The van der Waals surface area contributed by atoms with E-state index in [2.05, 4.69) is 10.6 Å². The molecule has 2 fully saturated rings. The molecule has 2 heterocycles. The van der Waals surface area contributed by atoms with Gasteiger partial charge in [-0.15, -0.1) is 0 Å². The van der Waals surface area contributed by atoms with Crippen LogP contribution in [0.1, 0.15) is 69.8 Å². The van der Waals surface area contributed by atoms with Gasteiger partial charge in [-0.05, 0) is 30.4 Å². The predicted molar refractivity (Wildman–Crippen MR) is 134 cm³/mol. The first-order chi connectivity index (χ1) is 16.9. The number of ether oxygens (including phenoxy) is 2. The summed E-state index contributed by atoms with van der Waals surface area (Å²) >= 11 is 6.47. The number of imide groups is 1. The van der Waals surface area contributed by atoms with Crippen molar-refractivity contribution < 1.29 is 33.1 Å². The van der Waals surface area contributed by atoms with Crippen molar-refractivity contribution in [1.82, 2.24) is 10.6 Å². The van der Waals surface area contributed by atoms with E-state index in [1.165, 1.54) is 0 Å². The van der Waals surface area contributed by atoms with Crippen LogP contribution < -0.4 is 10.6 Å². The molecule has 0 unspecified atom stereocenters. The highest BCUT2D eigenvalue weighted by Gasteiger charge is 2.54. The maximum Gasteiger partial charge on any atom is 0.427 e. The van der Waals surface area contributed by atoms with Gasteiger partial charge in [-0.1, -0.05) is 51.4 Å². The molecule has 0 bridgehead atoms. The minimum atomic E-state index is -0.969. The number of carbonyl (C=O) groups is 4. The molecule has 198 valence electrons. The number of nitrogens with one attached hydrogen (secondary N) is 2. The highest BCUT2D eigenvalue weighted by atomic mass is 35.5. The minimum Gasteiger partial charge on any atom is -0.439 e. The van der Waals surface area contributed by atoms with Gasteiger partial charge in [0.1, 0.15) is 6.10 Å². The van der Waals surface area contributed by atoms with Crippen molar-refractivity contribution in [2.24, 2.45) is 5.41 Å². The average molecular weight is 523 g/mol. The second kappa shape index (κ2) is 11.3. The Morgan fingerprint density at radius 3 is 2.44 bits per heavy atom. The molecule has 2 saturated heterocycles.